The Labute approximate surface area is 64.6 Å². The van der Waals surface area contributed by atoms with Gasteiger partial charge in [0.25, 0.3) is 5.56 Å². The highest BCUT2D eigenvalue weighted by molar-refractivity contribution is 5.17. The smallest absolute Gasteiger partial charge is 0.253 e. The third-order valence-corrected chi connectivity index (χ3v) is 1.46. The van der Waals surface area contributed by atoms with E-state index in [2.05, 4.69) is 11.6 Å². The van der Waals surface area contributed by atoms with Crippen molar-refractivity contribution in [3.8, 4) is 0 Å². The van der Waals surface area contributed by atoms with Crippen molar-refractivity contribution in [1.29, 1.82) is 0 Å². The Kier molecular flexibility index (Phi) is 2.23. The van der Waals surface area contributed by atoms with E-state index in [1.807, 2.05) is 0 Å². The summed E-state index contributed by atoms with van der Waals surface area (Å²) in [6.07, 6.45) is 3.10. The van der Waals surface area contributed by atoms with Gasteiger partial charge in [0.05, 0.1) is 6.04 Å². The summed E-state index contributed by atoms with van der Waals surface area (Å²) in [5, 5.41) is 0. The molecule has 58 valence electrons. The van der Waals surface area contributed by atoms with Crippen LogP contribution in [0.25, 0.3) is 0 Å². The van der Waals surface area contributed by atoms with E-state index in [9.17, 15) is 4.79 Å². The molecule has 0 aliphatic rings. The Hall–Kier alpha value is -1.35. The SMILES string of the molecule is C=C[C@@H](N)c1ccc[nH]c1=O. The maximum atomic E-state index is 11.0. The summed E-state index contributed by atoms with van der Waals surface area (Å²) in [7, 11) is 0. The lowest BCUT2D eigenvalue weighted by Crippen LogP contribution is -2.19. The molecular formula is C8H10N2O. The van der Waals surface area contributed by atoms with Gasteiger partial charge in [-0.25, -0.2) is 0 Å². The first-order chi connectivity index (χ1) is 5.25. The second-order valence-corrected chi connectivity index (χ2v) is 2.22. The molecular weight excluding hydrogens is 140 g/mol. The van der Waals surface area contributed by atoms with Crippen LogP contribution in [0.1, 0.15) is 11.6 Å². The highest BCUT2D eigenvalue weighted by atomic mass is 16.1. The Morgan fingerprint density at radius 3 is 3.00 bits per heavy atom. The fourth-order valence-corrected chi connectivity index (χ4v) is 0.824. The summed E-state index contributed by atoms with van der Waals surface area (Å²) in [4.78, 5) is 13.6. The minimum absolute atomic E-state index is 0.153. The molecule has 3 heteroatoms. The normalized spacial score (nSPS) is 12.5. The fraction of sp³-hybridized carbons (Fsp3) is 0.125. The number of hydrogen-bond donors (Lipinski definition) is 2. The van der Waals surface area contributed by atoms with Gasteiger partial charge in [-0.3, -0.25) is 4.79 Å². The first-order valence-electron chi connectivity index (χ1n) is 3.31. The molecule has 0 saturated carbocycles. The van der Waals surface area contributed by atoms with Crippen molar-refractivity contribution >= 4 is 0 Å². The van der Waals surface area contributed by atoms with Crippen molar-refractivity contribution in [2.45, 2.75) is 6.04 Å². The number of H-pyrrole nitrogens is 1. The van der Waals surface area contributed by atoms with Crippen LogP contribution in [-0.2, 0) is 0 Å². The molecule has 3 N–H and O–H groups in total. The molecule has 11 heavy (non-hydrogen) atoms. The van der Waals surface area contributed by atoms with Crippen LogP contribution in [0.3, 0.4) is 0 Å². The summed E-state index contributed by atoms with van der Waals surface area (Å²) < 4.78 is 0. The number of aromatic nitrogens is 1. The first kappa shape index (κ1) is 7.75. The molecule has 1 aromatic heterocycles. The third kappa shape index (κ3) is 1.56. The van der Waals surface area contributed by atoms with Crippen LogP contribution in [0.4, 0.5) is 0 Å². The monoisotopic (exact) mass is 150 g/mol. The zero-order valence-corrected chi connectivity index (χ0v) is 6.08. The first-order valence-corrected chi connectivity index (χ1v) is 3.31. The van der Waals surface area contributed by atoms with Crippen LogP contribution in [-0.4, -0.2) is 4.98 Å². The van der Waals surface area contributed by atoms with E-state index in [1.165, 1.54) is 6.08 Å². The molecule has 0 spiro atoms. The van der Waals surface area contributed by atoms with E-state index in [1.54, 1.807) is 18.3 Å². The van der Waals surface area contributed by atoms with Crippen molar-refractivity contribution in [2.75, 3.05) is 0 Å². The van der Waals surface area contributed by atoms with Gasteiger partial charge in [0.2, 0.25) is 0 Å². The molecule has 1 aromatic rings. The minimum atomic E-state index is -0.375. The van der Waals surface area contributed by atoms with Crippen molar-refractivity contribution < 1.29 is 0 Å². The van der Waals surface area contributed by atoms with Crippen molar-refractivity contribution in [3.63, 3.8) is 0 Å². The number of hydrogen-bond acceptors (Lipinski definition) is 2. The van der Waals surface area contributed by atoms with E-state index < -0.39 is 0 Å². The lowest BCUT2D eigenvalue weighted by molar-refractivity contribution is 0.887. The predicted molar refractivity (Wildman–Crippen MR) is 44.2 cm³/mol. The lowest BCUT2D eigenvalue weighted by Gasteiger charge is -2.02. The Morgan fingerprint density at radius 2 is 2.45 bits per heavy atom. The molecule has 0 unspecified atom stereocenters. The number of pyridine rings is 1. The molecule has 0 aliphatic carbocycles. The second-order valence-electron chi connectivity index (χ2n) is 2.22. The highest BCUT2D eigenvalue weighted by Crippen LogP contribution is 2.02. The average Bonchev–Trinajstić information content (AvgIpc) is 2.04. The Balaban J connectivity index is 3.13. The zero-order chi connectivity index (χ0) is 8.27. The predicted octanol–water partition coefficient (Wildman–Crippen LogP) is 0.561. The standard InChI is InChI=1S/C8H10N2O/c1-2-7(9)6-4-3-5-10-8(6)11/h2-5,7H,1,9H2,(H,10,11)/t7-/m1/s1. The molecule has 1 rings (SSSR count). The lowest BCUT2D eigenvalue weighted by atomic mass is 10.1. The molecule has 0 amide bonds. The van der Waals surface area contributed by atoms with Gasteiger partial charge in [0, 0.05) is 11.8 Å². The van der Waals surface area contributed by atoms with Crippen LogP contribution in [0.2, 0.25) is 0 Å². The van der Waals surface area contributed by atoms with Gasteiger partial charge in [0.1, 0.15) is 0 Å². The zero-order valence-electron chi connectivity index (χ0n) is 6.08. The average molecular weight is 150 g/mol. The van der Waals surface area contributed by atoms with Crippen molar-refractivity contribution in [2.24, 2.45) is 5.73 Å². The topological polar surface area (TPSA) is 58.9 Å². The maximum absolute atomic E-state index is 11.0. The quantitative estimate of drug-likeness (QED) is 0.605. The molecule has 0 radical (unpaired) electrons. The summed E-state index contributed by atoms with van der Waals surface area (Å²) >= 11 is 0. The maximum Gasteiger partial charge on any atom is 0.253 e. The van der Waals surface area contributed by atoms with Crippen LogP contribution < -0.4 is 11.3 Å². The van der Waals surface area contributed by atoms with Crippen LogP contribution in [0, 0.1) is 0 Å². The molecule has 0 bridgehead atoms. The summed E-state index contributed by atoms with van der Waals surface area (Å²) in [6.45, 7) is 3.50. The van der Waals surface area contributed by atoms with Gasteiger partial charge in [0.15, 0.2) is 0 Å². The minimum Gasteiger partial charge on any atom is -0.329 e. The Morgan fingerprint density at radius 1 is 1.73 bits per heavy atom. The molecule has 0 saturated heterocycles. The van der Waals surface area contributed by atoms with Crippen LogP contribution >= 0.6 is 0 Å². The van der Waals surface area contributed by atoms with Gasteiger partial charge in [-0.15, -0.1) is 6.58 Å². The number of nitrogens with two attached hydrogens (primary N) is 1. The van der Waals surface area contributed by atoms with Gasteiger partial charge in [-0.2, -0.15) is 0 Å². The van der Waals surface area contributed by atoms with Gasteiger partial charge in [-0.05, 0) is 6.07 Å². The van der Waals surface area contributed by atoms with E-state index in [4.69, 9.17) is 5.73 Å². The highest BCUT2D eigenvalue weighted by Gasteiger charge is 2.03. The van der Waals surface area contributed by atoms with Crippen LogP contribution in [0.15, 0.2) is 35.8 Å². The van der Waals surface area contributed by atoms with Crippen molar-refractivity contribution in [3.05, 3.63) is 46.9 Å². The summed E-state index contributed by atoms with van der Waals surface area (Å²) in [6, 6.07) is 3.05. The third-order valence-electron chi connectivity index (χ3n) is 1.46. The molecule has 0 aromatic carbocycles. The summed E-state index contributed by atoms with van der Waals surface area (Å²) in [5.41, 5.74) is 5.95. The number of nitrogens with one attached hydrogen (secondary N) is 1. The molecule has 3 nitrogen and oxygen atoms in total. The summed E-state index contributed by atoms with van der Waals surface area (Å²) in [5.74, 6) is 0. The van der Waals surface area contributed by atoms with E-state index in [0.29, 0.717) is 5.56 Å². The van der Waals surface area contributed by atoms with Gasteiger partial charge in [-0.1, -0.05) is 12.1 Å². The Bertz CT molecular complexity index is 303. The molecule has 1 heterocycles. The molecule has 0 aliphatic heterocycles. The van der Waals surface area contributed by atoms with E-state index in [0.717, 1.165) is 0 Å². The molecule has 0 fully saturated rings. The number of aromatic amines is 1. The largest absolute Gasteiger partial charge is 0.329 e. The van der Waals surface area contributed by atoms with Gasteiger partial charge >= 0.3 is 0 Å². The second kappa shape index (κ2) is 3.16. The van der Waals surface area contributed by atoms with Crippen molar-refractivity contribution in [1.82, 2.24) is 4.98 Å². The van der Waals surface area contributed by atoms with E-state index in [-0.39, 0.29) is 11.6 Å². The fourth-order valence-electron chi connectivity index (χ4n) is 0.824. The van der Waals surface area contributed by atoms with Crippen LogP contribution in [0.5, 0.6) is 0 Å². The van der Waals surface area contributed by atoms with Gasteiger partial charge < -0.3 is 10.7 Å². The number of rotatable bonds is 2. The molecule has 1 atom stereocenters. The van der Waals surface area contributed by atoms with E-state index >= 15 is 0 Å².